The summed E-state index contributed by atoms with van der Waals surface area (Å²) in [7, 11) is 0. The molecule has 0 saturated heterocycles. The Morgan fingerprint density at radius 2 is 2.15 bits per heavy atom. The molecule has 2 heterocycles. The number of rotatable bonds is 6. The number of aromatic nitrogens is 1. The van der Waals surface area contributed by atoms with Crippen molar-refractivity contribution in [1.82, 2.24) is 4.98 Å². The fraction of sp³-hybridized carbons (Fsp3) is 0.400. The van der Waals surface area contributed by atoms with Gasteiger partial charge in [0.05, 0.1) is 12.3 Å². The van der Waals surface area contributed by atoms with Crippen LogP contribution >= 0.6 is 11.3 Å². The van der Waals surface area contributed by atoms with Crippen LogP contribution in [0, 0.1) is 12.8 Å². The molecule has 2 rings (SSSR count). The zero-order valence-electron chi connectivity index (χ0n) is 12.1. The molecule has 108 valence electrons. The second-order valence-corrected chi connectivity index (χ2v) is 5.97. The van der Waals surface area contributed by atoms with Crippen LogP contribution in [-0.4, -0.2) is 11.6 Å². The maximum absolute atomic E-state index is 5.88. The first-order chi connectivity index (χ1) is 9.56. The monoisotopic (exact) mass is 291 g/mol. The Morgan fingerprint density at radius 1 is 1.35 bits per heavy atom. The van der Waals surface area contributed by atoms with Gasteiger partial charge in [0.25, 0.3) is 0 Å². The predicted octanol–water partition coefficient (Wildman–Crippen LogP) is 3.68. The van der Waals surface area contributed by atoms with Gasteiger partial charge in [-0.1, -0.05) is 13.8 Å². The maximum Gasteiger partial charge on any atom is 0.239 e. The predicted molar refractivity (Wildman–Crippen MR) is 85.4 cm³/mol. The van der Waals surface area contributed by atoms with Crippen molar-refractivity contribution in [1.29, 1.82) is 0 Å². The topological polar surface area (TPSA) is 60.2 Å². The molecule has 4 nitrogen and oxygen atoms in total. The van der Waals surface area contributed by atoms with Crippen molar-refractivity contribution in [3.8, 4) is 5.88 Å². The van der Waals surface area contributed by atoms with Gasteiger partial charge in [-0.05, 0) is 46.9 Å². The average molecular weight is 291 g/mol. The van der Waals surface area contributed by atoms with Gasteiger partial charge < -0.3 is 15.8 Å². The number of nitrogens with one attached hydrogen (secondary N) is 1. The molecule has 0 saturated carbocycles. The number of pyridine rings is 1. The molecular formula is C15H21N3OS. The molecule has 20 heavy (non-hydrogen) atoms. The van der Waals surface area contributed by atoms with Gasteiger partial charge in [-0.25, -0.2) is 0 Å². The molecule has 5 heteroatoms. The minimum absolute atomic E-state index is 0.446. The summed E-state index contributed by atoms with van der Waals surface area (Å²) >= 11 is 1.71. The highest BCUT2D eigenvalue weighted by Crippen LogP contribution is 2.22. The maximum atomic E-state index is 5.88. The van der Waals surface area contributed by atoms with E-state index in [1.807, 2.05) is 12.1 Å². The van der Waals surface area contributed by atoms with Gasteiger partial charge in [-0.2, -0.15) is 16.3 Å². The van der Waals surface area contributed by atoms with Crippen molar-refractivity contribution in [3.63, 3.8) is 0 Å². The van der Waals surface area contributed by atoms with Crippen LogP contribution in [0.15, 0.2) is 22.9 Å². The average Bonchev–Trinajstić information content (AvgIpc) is 2.81. The largest absolute Gasteiger partial charge is 0.476 e. The summed E-state index contributed by atoms with van der Waals surface area (Å²) in [6.07, 6.45) is 0. The van der Waals surface area contributed by atoms with Crippen LogP contribution in [0.1, 0.15) is 25.0 Å². The first-order valence-corrected chi connectivity index (χ1v) is 7.65. The lowest BCUT2D eigenvalue weighted by Gasteiger charge is -2.12. The Bertz CT molecular complexity index is 566. The summed E-state index contributed by atoms with van der Waals surface area (Å²) in [6, 6.07) is 3.70. The summed E-state index contributed by atoms with van der Waals surface area (Å²) in [4.78, 5) is 4.42. The lowest BCUT2D eigenvalue weighted by molar-refractivity contribution is 0.263. The minimum atomic E-state index is 0.446. The molecule has 0 atom stereocenters. The van der Waals surface area contributed by atoms with Crippen molar-refractivity contribution in [2.75, 3.05) is 17.7 Å². The number of ether oxygens (including phenoxy) is 1. The molecule has 0 radical (unpaired) electrons. The highest BCUT2D eigenvalue weighted by Gasteiger charge is 2.06. The smallest absolute Gasteiger partial charge is 0.239 e. The number of anilines is 2. The van der Waals surface area contributed by atoms with Crippen molar-refractivity contribution < 1.29 is 4.74 Å². The van der Waals surface area contributed by atoms with Gasteiger partial charge in [-0.3, -0.25) is 0 Å². The van der Waals surface area contributed by atoms with Crippen molar-refractivity contribution in [3.05, 3.63) is 34.0 Å². The number of hydrogen-bond donors (Lipinski definition) is 2. The van der Waals surface area contributed by atoms with Crippen molar-refractivity contribution >= 4 is 22.8 Å². The first-order valence-electron chi connectivity index (χ1n) is 6.71. The Balaban J connectivity index is 2.01. The Labute approximate surface area is 124 Å². The second kappa shape index (κ2) is 6.61. The lowest BCUT2D eigenvalue weighted by atomic mass is 10.2. The fourth-order valence-electron chi connectivity index (χ4n) is 1.66. The fourth-order valence-corrected chi connectivity index (χ4v) is 2.52. The van der Waals surface area contributed by atoms with Crippen LogP contribution in [0.5, 0.6) is 5.88 Å². The molecule has 0 amide bonds. The summed E-state index contributed by atoms with van der Waals surface area (Å²) in [5.41, 5.74) is 9.04. The number of hydrogen-bond acceptors (Lipinski definition) is 5. The van der Waals surface area contributed by atoms with Crippen LogP contribution in [0.2, 0.25) is 0 Å². The second-order valence-electron chi connectivity index (χ2n) is 5.23. The molecule has 0 bridgehead atoms. The highest BCUT2D eigenvalue weighted by atomic mass is 32.1. The van der Waals surface area contributed by atoms with E-state index in [0.29, 0.717) is 24.1 Å². The molecule has 0 aliphatic heterocycles. The quantitative estimate of drug-likeness (QED) is 0.852. The summed E-state index contributed by atoms with van der Waals surface area (Å²) in [5, 5.41) is 7.60. The van der Waals surface area contributed by atoms with Gasteiger partial charge in [-0.15, -0.1) is 0 Å². The third-order valence-electron chi connectivity index (χ3n) is 2.86. The molecule has 0 aliphatic carbocycles. The summed E-state index contributed by atoms with van der Waals surface area (Å²) < 4.78 is 5.63. The van der Waals surface area contributed by atoms with Crippen LogP contribution in [0.25, 0.3) is 0 Å². The van der Waals surface area contributed by atoms with Gasteiger partial charge in [0.2, 0.25) is 5.88 Å². The van der Waals surface area contributed by atoms with E-state index in [0.717, 1.165) is 12.4 Å². The minimum Gasteiger partial charge on any atom is -0.476 e. The molecule has 0 aromatic carbocycles. The highest BCUT2D eigenvalue weighted by molar-refractivity contribution is 7.08. The van der Waals surface area contributed by atoms with Crippen LogP contribution < -0.4 is 15.8 Å². The molecule has 3 N–H and O–H groups in total. The van der Waals surface area contributed by atoms with E-state index in [4.69, 9.17) is 10.5 Å². The van der Waals surface area contributed by atoms with E-state index in [-0.39, 0.29) is 0 Å². The molecule has 0 unspecified atom stereocenters. The van der Waals surface area contributed by atoms with E-state index in [1.165, 1.54) is 11.1 Å². The first kappa shape index (κ1) is 14.7. The van der Waals surface area contributed by atoms with Gasteiger partial charge in [0.15, 0.2) is 0 Å². The van der Waals surface area contributed by atoms with Crippen molar-refractivity contribution in [2.24, 2.45) is 5.92 Å². The molecule has 0 aliphatic rings. The van der Waals surface area contributed by atoms with E-state index >= 15 is 0 Å². The van der Waals surface area contributed by atoms with Gasteiger partial charge in [0.1, 0.15) is 5.82 Å². The number of thiophene rings is 1. The molecule has 0 fully saturated rings. The van der Waals surface area contributed by atoms with Gasteiger partial charge in [0, 0.05) is 6.54 Å². The van der Waals surface area contributed by atoms with Crippen LogP contribution in [0.3, 0.4) is 0 Å². The zero-order chi connectivity index (χ0) is 14.5. The summed E-state index contributed by atoms with van der Waals surface area (Å²) in [6.45, 7) is 7.68. The molecule has 2 aromatic rings. The molecular weight excluding hydrogens is 270 g/mol. The number of nitrogens with two attached hydrogens (primary N) is 1. The number of aryl methyl sites for hydroxylation is 1. The molecule has 2 aromatic heterocycles. The van der Waals surface area contributed by atoms with Crippen molar-refractivity contribution in [2.45, 2.75) is 27.3 Å². The zero-order valence-corrected chi connectivity index (χ0v) is 13.0. The van der Waals surface area contributed by atoms with E-state index in [2.05, 4.69) is 41.8 Å². The SMILES string of the molecule is Cc1cscc1CNc1ccc(N)c(OCC(C)C)n1. The van der Waals surface area contributed by atoms with Crippen LogP contribution in [0.4, 0.5) is 11.5 Å². The van der Waals surface area contributed by atoms with Crippen LogP contribution in [-0.2, 0) is 6.54 Å². The normalized spacial score (nSPS) is 10.8. The lowest BCUT2D eigenvalue weighted by Crippen LogP contribution is -2.09. The van der Waals surface area contributed by atoms with E-state index < -0.39 is 0 Å². The standard InChI is InChI=1S/C15H21N3OS/c1-10(2)7-19-15-13(16)4-5-14(18-15)17-6-12-9-20-8-11(12)3/h4-5,8-10H,6-7,16H2,1-3H3,(H,17,18). The van der Waals surface area contributed by atoms with E-state index in [9.17, 15) is 0 Å². The Hall–Kier alpha value is -1.75. The van der Waals surface area contributed by atoms with E-state index in [1.54, 1.807) is 11.3 Å². The summed E-state index contributed by atoms with van der Waals surface area (Å²) in [5.74, 6) is 1.73. The number of nitrogens with zero attached hydrogens (tertiary/aromatic N) is 1. The molecule has 0 spiro atoms. The third kappa shape index (κ3) is 3.87. The number of nitrogen functional groups attached to an aromatic ring is 1. The Kier molecular flexibility index (Phi) is 4.84. The third-order valence-corrected chi connectivity index (χ3v) is 3.77. The van der Waals surface area contributed by atoms with Gasteiger partial charge >= 0.3 is 0 Å². The Morgan fingerprint density at radius 3 is 2.80 bits per heavy atom.